The fourth-order valence-corrected chi connectivity index (χ4v) is 1.36. The summed E-state index contributed by atoms with van der Waals surface area (Å²) < 4.78 is 1.72. The molecule has 1 heterocycles. The second-order valence-electron chi connectivity index (χ2n) is 2.97. The summed E-state index contributed by atoms with van der Waals surface area (Å²) in [5.74, 6) is 0. The highest BCUT2D eigenvalue weighted by molar-refractivity contribution is 6.30. The quantitative estimate of drug-likeness (QED) is 0.819. The highest BCUT2D eigenvalue weighted by Gasteiger charge is 1.98. The molecule has 4 heteroatoms. The zero-order valence-corrected chi connectivity index (χ0v) is 8.28. The van der Waals surface area contributed by atoms with Crippen LogP contribution >= 0.6 is 11.6 Å². The van der Waals surface area contributed by atoms with Gasteiger partial charge in [0.05, 0.1) is 16.9 Å². The van der Waals surface area contributed by atoms with Gasteiger partial charge in [-0.2, -0.15) is 5.10 Å². The number of hydrogen-bond acceptors (Lipinski definition) is 2. The van der Waals surface area contributed by atoms with Crippen molar-refractivity contribution in [2.75, 3.05) is 0 Å². The molecule has 0 atom stereocenters. The summed E-state index contributed by atoms with van der Waals surface area (Å²) in [5, 5.41) is 4.73. The van der Waals surface area contributed by atoms with Gasteiger partial charge in [0, 0.05) is 12.7 Å². The van der Waals surface area contributed by atoms with Gasteiger partial charge in [-0.25, -0.2) is 4.68 Å². The van der Waals surface area contributed by atoms with Crippen LogP contribution in [0.25, 0.3) is 5.69 Å². The average Bonchev–Trinajstić information content (AvgIpc) is 2.65. The van der Waals surface area contributed by atoms with E-state index in [-0.39, 0.29) is 0 Å². The molecule has 72 valence electrons. The van der Waals surface area contributed by atoms with Gasteiger partial charge < -0.3 is 5.73 Å². The number of hydrogen-bond donors (Lipinski definition) is 1. The van der Waals surface area contributed by atoms with E-state index in [2.05, 4.69) is 5.10 Å². The molecule has 1 aromatic heterocycles. The molecule has 2 N–H and O–H groups in total. The van der Waals surface area contributed by atoms with Gasteiger partial charge in [-0.3, -0.25) is 0 Å². The van der Waals surface area contributed by atoms with Crippen LogP contribution in [-0.2, 0) is 6.54 Å². The normalized spacial score (nSPS) is 10.4. The van der Waals surface area contributed by atoms with Crippen molar-refractivity contribution in [3.05, 3.63) is 47.2 Å². The van der Waals surface area contributed by atoms with Crippen molar-refractivity contribution in [1.29, 1.82) is 0 Å². The zero-order chi connectivity index (χ0) is 9.97. The van der Waals surface area contributed by atoms with Crippen LogP contribution in [0.3, 0.4) is 0 Å². The molecule has 0 amide bonds. The first-order valence-corrected chi connectivity index (χ1v) is 4.67. The summed E-state index contributed by atoms with van der Waals surface area (Å²) in [7, 11) is 0. The summed E-state index contributed by atoms with van der Waals surface area (Å²) >= 11 is 5.77. The summed E-state index contributed by atoms with van der Waals surface area (Å²) in [6, 6.07) is 7.88. The van der Waals surface area contributed by atoms with Crippen molar-refractivity contribution < 1.29 is 0 Å². The second-order valence-corrected chi connectivity index (χ2v) is 3.41. The molecule has 0 radical (unpaired) electrons. The minimum atomic E-state index is 0.556. The zero-order valence-electron chi connectivity index (χ0n) is 7.52. The summed E-state index contributed by atoms with van der Waals surface area (Å²) in [5.41, 5.74) is 7.58. The standard InChI is InChI=1S/C10H10ClN3/c11-9-6-13-14(7-9)10-3-1-8(5-12)2-4-10/h1-4,6-7H,5,12H2. The molecule has 0 saturated carbocycles. The lowest BCUT2D eigenvalue weighted by molar-refractivity contribution is 0.878. The van der Waals surface area contributed by atoms with Crippen molar-refractivity contribution >= 4 is 11.6 Å². The molecule has 0 unspecified atom stereocenters. The van der Waals surface area contributed by atoms with Crippen molar-refractivity contribution in [1.82, 2.24) is 9.78 Å². The van der Waals surface area contributed by atoms with E-state index in [9.17, 15) is 0 Å². The Balaban J connectivity index is 2.33. The number of aromatic nitrogens is 2. The average molecular weight is 208 g/mol. The van der Waals surface area contributed by atoms with E-state index < -0.39 is 0 Å². The Morgan fingerprint density at radius 2 is 2.00 bits per heavy atom. The summed E-state index contributed by atoms with van der Waals surface area (Å²) in [6.45, 7) is 0.556. The van der Waals surface area contributed by atoms with Gasteiger partial charge in [0.2, 0.25) is 0 Å². The predicted octanol–water partition coefficient (Wildman–Crippen LogP) is 1.98. The maximum atomic E-state index is 5.77. The lowest BCUT2D eigenvalue weighted by atomic mass is 10.2. The van der Waals surface area contributed by atoms with E-state index in [0.29, 0.717) is 11.6 Å². The van der Waals surface area contributed by atoms with Gasteiger partial charge in [0.1, 0.15) is 0 Å². The maximum Gasteiger partial charge on any atom is 0.0790 e. The van der Waals surface area contributed by atoms with Gasteiger partial charge in [-0.1, -0.05) is 23.7 Å². The molecule has 0 spiro atoms. The molecule has 0 saturated heterocycles. The molecule has 3 nitrogen and oxygen atoms in total. The topological polar surface area (TPSA) is 43.8 Å². The van der Waals surface area contributed by atoms with Crippen LogP contribution in [0, 0.1) is 0 Å². The molecule has 0 aliphatic rings. The van der Waals surface area contributed by atoms with Crippen LogP contribution in [0.2, 0.25) is 5.02 Å². The van der Waals surface area contributed by atoms with Crippen molar-refractivity contribution in [2.45, 2.75) is 6.54 Å². The lowest BCUT2D eigenvalue weighted by Crippen LogP contribution is -1.98. The molecular formula is C10H10ClN3. The molecule has 0 fully saturated rings. The van der Waals surface area contributed by atoms with Crippen LogP contribution in [0.15, 0.2) is 36.7 Å². The number of rotatable bonds is 2. The Hall–Kier alpha value is -1.32. The first-order valence-electron chi connectivity index (χ1n) is 4.29. The van der Waals surface area contributed by atoms with Gasteiger partial charge in [0.25, 0.3) is 0 Å². The summed E-state index contributed by atoms with van der Waals surface area (Å²) in [4.78, 5) is 0. The van der Waals surface area contributed by atoms with Crippen LogP contribution in [-0.4, -0.2) is 9.78 Å². The molecule has 0 bridgehead atoms. The minimum Gasteiger partial charge on any atom is -0.326 e. The number of nitrogens with two attached hydrogens (primary N) is 1. The van der Waals surface area contributed by atoms with E-state index in [4.69, 9.17) is 17.3 Å². The van der Waals surface area contributed by atoms with Gasteiger partial charge in [0.15, 0.2) is 0 Å². The Kier molecular flexibility index (Phi) is 2.52. The van der Waals surface area contributed by atoms with E-state index in [1.165, 1.54) is 0 Å². The molecule has 2 aromatic rings. The Morgan fingerprint density at radius 1 is 1.29 bits per heavy atom. The van der Waals surface area contributed by atoms with Gasteiger partial charge >= 0.3 is 0 Å². The van der Waals surface area contributed by atoms with E-state index >= 15 is 0 Å². The van der Waals surface area contributed by atoms with Gasteiger partial charge in [-0.15, -0.1) is 0 Å². The second kappa shape index (κ2) is 3.82. The molecule has 14 heavy (non-hydrogen) atoms. The Labute approximate surface area is 87.1 Å². The molecule has 1 aromatic carbocycles. The van der Waals surface area contributed by atoms with Crippen molar-refractivity contribution in [3.63, 3.8) is 0 Å². The molecule has 0 aliphatic heterocycles. The first kappa shape index (κ1) is 9.24. The van der Waals surface area contributed by atoms with Crippen LogP contribution < -0.4 is 5.73 Å². The smallest absolute Gasteiger partial charge is 0.0790 e. The van der Waals surface area contributed by atoms with E-state index in [1.54, 1.807) is 17.1 Å². The molecule has 2 rings (SSSR count). The minimum absolute atomic E-state index is 0.556. The number of halogens is 1. The third kappa shape index (κ3) is 1.78. The highest BCUT2D eigenvalue weighted by atomic mass is 35.5. The van der Waals surface area contributed by atoms with E-state index in [1.807, 2.05) is 24.3 Å². The SMILES string of the molecule is NCc1ccc(-n2cc(Cl)cn2)cc1. The lowest BCUT2D eigenvalue weighted by Gasteiger charge is -2.01. The Morgan fingerprint density at radius 3 is 2.50 bits per heavy atom. The van der Waals surface area contributed by atoms with Gasteiger partial charge in [-0.05, 0) is 17.7 Å². The van der Waals surface area contributed by atoms with Crippen molar-refractivity contribution in [2.24, 2.45) is 5.73 Å². The van der Waals surface area contributed by atoms with Crippen LogP contribution in [0.4, 0.5) is 0 Å². The van der Waals surface area contributed by atoms with Crippen LogP contribution in [0.5, 0.6) is 0 Å². The predicted molar refractivity (Wildman–Crippen MR) is 56.5 cm³/mol. The summed E-state index contributed by atoms with van der Waals surface area (Å²) in [6.07, 6.45) is 3.37. The van der Waals surface area contributed by atoms with Crippen molar-refractivity contribution in [3.8, 4) is 5.69 Å². The Bertz CT molecular complexity index is 419. The molecule has 0 aliphatic carbocycles. The third-order valence-electron chi connectivity index (χ3n) is 1.99. The largest absolute Gasteiger partial charge is 0.326 e. The first-order chi connectivity index (χ1) is 6.79. The maximum absolute atomic E-state index is 5.77. The number of benzene rings is 1. The number of nitrogens with zero attached hydrogens (tertiary/aromatic N) is 2. The van der Waals surface area contributed by atoms with Crippen LogP contribution in [0.1, 0.15) is 5.56 Å². The highest BCUT2D eigenvalue weighted by Crippen LogP contribution is 2.12. The fourth-order valence-electron chi connectivity index (χ4n) is 1.23. The van der Waals surface area contributed by atoms with E-state index in [0.717, 1.165) is 11.3 Å². The molecular weight excluding hydrogens is 198 g/mol. The fraction of sp³-hybridized carbons (Fsp3) is 0.100. The third-order valence-corrected chi connectivity index (χ3v) is 2.18. The monoisotopic (exact) mass is 207 g/mol.